The number of hydrogen-bond acceptors (Lipinski definition) is 4. The third-order valence-electron chi connectivity index (χ3n) is 2.48. The summed E-state index contributed by atoms with van der Waals surface area (Å²) in [4.78, 5) is 10.3. The number of ether oxygens (including phenoxy) is 1. The van der Waals surface area contributed by atoms with E-state index >= 15 is 0 Å². The normalized spacial score (nSPS) is 17.4. The summed E-state index contributed by atoms with van der Waals surface area (Å²) < 4.78 is 4.95. The van der Waals surface area contributed by atoms with Gasteiger partial charge in [-0.3, -0.25) is 4.79 Å². The highest BCUT2D eigenvalue weighted by Gasteiger charge is 2.47. The van der Waals surface area contributed by atoms with Crippen LogP contribution < -0.4 is 0 Å². The number of phenols is 2. The zero-order valence-corrected chi connectivity index (χ0v) is 7.43. The van der Waals surface area contributed by atoms with E-state index in [1.807, 2.05) is 0 Å². The highest BCUT2D eigenvalue weighted by Crippen LogP contribution is 2.50. The first-order valence-corrected chi connectivity index (χ1v) is 4.32. The largest absolute Gasteiger partial charge is 0.504 e. The van der Waals surface area contributed by atoms with E-state index in [4.69, 9.17) is 9.84 Å². The van der Waals surface area contributed by atoms with Gasteiger partial charge in [0.05, 0.1) is 0 Å². The molecule has 14 heavy (non-hydrogen) atoms. The first kappa shape index (κ1) is 8.87. The summed E-state index contributed by atoms with van der Waals surface area (Å²) in [5.41, 5.74) is 0.160. The van der Waals surface area contributed by atoms with Gasteiger partial charge in [0, 0.05) is 0 Å². The van der Waals surface area contributed by atoms with Crippen LogP contribution in [0.2, 0.25) is 0 Å². The Labute approximate surface area is 80.7 Å². The van der Waals surface area contributed by atoms with E-state index in [1.165, 1.54) is 12.1 Å². The van der Waals surface area contributed by atoms with Crippen molar-refractivity contribution in [2.75, 3.05) is 0 Å². The molecule has 0 saturated heterocycles. The van der Waals surface area contributed by atoms with Gasteiger partial charge in [-0.1, -0.05) is 6.07 Å². The molecule has 1 fully saturated rings. The quantitative estimate of drug-likeness (QED) is 0.561. The lowest BCUT2D eigenvalue weighted by Crippen LogP contribution is -2.10. The van der Waals surface area contributed by atoms with Crippen molar-refractivity contribution in [3.05, 3.63) is 23.8 Å². The second-order valence-electron chi connectivity index (χ2n) is 3.41. The number of carbonyl (C=O) groups excluding carboxylic acids is 1. The Morgan fingerprint density at radius 3 is 2.50 bits per heavy atom. The fraction of sp³-hybridized carbons (Fsp3) is 0.300. The summed E-state index contributed by atoms with van der Waals surface area (Å²) >= 11 is 0. The van der Waals surface area contributed by atoms with Crippen LogP contribution in [0.3, 0.4) is 0 Å². The molecule has 0 atom stereocenters. The third kappa shape index (κ3) is 1.28. The van der Waals surface area contributed by atoms with Crippen molar-refractivity contribution in [3.63, 3.8) is 0 Å². The predicted molar refractivity (Wildman–Crippen MR) is 47.8 cm³/mol. The maximum absolute atomic E-state index is 10.3. The van der Waals surface area contributed by atoms with Crippen LogP contribution in [-0.2, 0) is 15.1 Å². The van der Waals surface area contributed by atoms with Gasteiger partial charge in [0.15, 0.2) is 11.5 Å². The van der Waals surface area contributed by atoms with Crippen LogP contribution in [0.25, 0.3) is 0 Å². The van der Waals surface area contributed by atoms with Crippen molar-refractivity contribution in [1.29, 1.82) is 0 Å². The molecule has 4 nitrogen and oxygen atoms in total. The first-order chi connectivity index (χ1) is 6.68. The van der Waals surface area contributed by atoms with Crippen LogP contribution in [0.4, 0.5) is 0 Å². The Kier molecular flexibility index (Phi) is 1.84. The summed E-state index contributed by atoms with van der Waals surface area (Å²) in [5.74, 6) is -0.362. The Bertz CT molecular complexity index is 368. The molecule has 0 aliphatic heterocycles. The molecule has 1 aromatic carbocycles. The molecule has 1 aromatic rings. The highest BCUT2D eigenvalue weighted by atomic mass is 16.5. The number of carbonyl (C=O) groups is 1. The minimum atomic E-state index is -0.563. The van der Waals surface area contributed by atoms with Gasteiger partial charge in [-0.25, -0.2) is 0 Å². The number of hydrogen-bond donors (Lipinski definition) is 2. The molecule has 74 valence electrons. The second kappa shape index (κ2) is 2.90. The van der Waals surface area contributed by atoms with Crippen molar-refractivity contribution >= 4 is 6.47 Å². The molecule has 0 aromatic heterocycles. The van der Waals surface area contributed by atoms with Crippen LogP contribution in [-0.4, -0.2) is 16.7 Å². The molecule has 2 N–H and O–H groups in total. The fourth-order valence-corrected chi connectivity index (χ4v) is 1.49. The zero-order valence-electron chi connectivity index (χ0n) is 7.43. The number of phenolic OH excluding ortho intramolecular Hbond substituents is 2. The van der Waals surface area contributed by atoms with Crippen LogP contribution in [0.15, 0.2) is 18.2 Å². The number of aromatic hydroxyl groups is 2. The van der Waals surface area contributed by atoms with Gasteiger partial charge in [0.25, 0.3) is 6.47 Å². The van der Waals surface area contributed by atoms with Crippen LogP contribution >= 0.6 is 0 Å². The van der Waals surface area contributed by atoms with E-state index in [0.29, 0.717) is 6.47 Å². The van der Waals surface area contributed by atoms with Crippen molar-refractivity contribution in [3.8, 4) is 11.5 Å². The summed E-state index contributed by atoms with van der Waals surface area (Å²) in [6, 6.07) is 4.45. The van der Waals surface area contributed by atoms with Crippen LogP contribution in [0.5, 0.6) is 11.5 Å². The van der Waals surface area contributed by atoms with Crippen molar-refractivity contribution in [2.24, 2.45) is 0 Å². The highest BCUT2D eigenvalue weighted by molar-refractivity contribution is 5.47. The summed E-state index contributed by atoms with van der Waals surface area (Å²) in [6.45, 7) is 0.414. The SMILES string of the molecule is O=COC1(c2ccc(O)c(O)c2)CC1. The Balaban J connectivity index is 2.33. The molecule has 0 unspecified atom stereocenters. The Hall–Kier alpha value is -1.71. The van der Waals surface area contributed by atoms with Gasteiger partial charge in [0.1, 0.15) is 5.60 Å². The van der Waals surface area contributed by atoms with Gasteiger partial charge < -0.3 is 14.9 Å². The van der Waals surface area contributed by atoms with Crippen molar-refractivity contribution < 1.29 is 19.7 Å². The first-order valence-electron chi connectivity index (χ1n) is 4.32. The molecule has 2 rings (SSSR count). The average Bonchev–Trinajstić information content (AvgIpc) is 2.91. The minimum Gasteiger partial charge on any atom is -0.504 e. The smallest absolute Gasteiger partial charge is 0.293 e. The maximum atomic E-state index is 10.3. The molecule has 1 aliphatic rings. The van der Waals surface area contributed by atoms with E-state index in [0.717, 1.165) is 18.4 Å². The lowest BCUT2D eigenvalue weighted by atomic mass is 10.1. The number of benzene rings is 1. The molecule has 1 saturated carbocycles. The number of rotatable bonds is 3. The molecule has 1 aliphatic carbocycles. The lowest BCUT2D eigenvalue weighted by Gasteiger charge is -2.13. The van der Waals surface area contributed by atoms with Crippen molar-refractivity contribution in [2.45, 2.75) is 18.4 Å². The molecular formula is C10H10O4. The van der Waals surface area contributed by atoms with E-state index in [1.54, 1.807) is 6.07 Å². The predicted octanol–water partition coefficient (Wildman–Crippen LogP) is 1.26. The summed E-state index contributed by atoms with van der Waals surface area (Å²) in [7, 11) is 0. The Morgan fingerprint density at radius 1 is 1.29 bits per heavy atom. The third-order valence-corrected chi connectivity index (χ3v) is 2.48. The summed E-state index contributed by atoms with van der Waals surface area (Å²) in [6.07, 6.45) is 1.52. The zero-order chi connectivity index (χ0) is 10.2. The molecule has 4 heteroatoms. The molecule has 0 amide bonds. The molecule has 0 heterocycles. The van der Waals surface area contributed by atoms with Gasteiger partial charge in [-0.2, -0.15) is 0 Å². The standard InChI is InChI=1S/C10H10O4/c11-6-14-10(3-4-10)7-1-2-8(12)9(13)5-7/h1-2,5-6,12-13H,3-4H2. The lowest BCUT2D eigenvalue weighted by molar-refractivity contribution is -0.136. The maximum Gasteiger partial charge on any atom is 0.293 e. The van der Waals surface area contributed by atoms with Gasteiger partial charge >= 0.3 is 0 Å². The average molecular weight is 194 g/mol. The Morgan fingerprint density at radius 2 is 2.00 bits per heavy atom. The molecule has 0 spiro atoms. The van der Waals surface area contributed by atoms with Crippen molar-refractivity contribution in [1.82, 2.24) is 0 Å². The van der Waals surface area contributed by atoms with Gasteiger partial charge in [-0.05, 0) is 30.5 Å². The van der Waals surface area contributed by atoms with Crippen LogP contribution in [0, 0.1) is 0 Å². The van der Waals surface area contributed by atoms with E-state index in [9.17, 15) is 9.90 Å². The topological polar surface area (TPSA) is 66.8 Å². The van der Waals surface area contributed by atoms with E-state index < -0.39 is 5.60 Å². The van der Waals surface area contributed by atoms with Gasteiger partial charge in [0.2, 0.25) is 0 Å². The minimum absolute atomic E-state index is 0.171. The summed E-state index contributed by atoms with van der Waals surface area (Å²) in [5, 5.41) is 18.4. The molecular weight excluding hydrogens is 184 g/mol. The molecule has 0 bridgehead atoms. The molecule has 0 radical (unpaired) electrons. The van der Waals surface area contributed by atoms with E-state index in [-0.39, 0.29) is 11.5 Å². The second-order valence-corrected chi connectivity index (χ2v) is 3.41. The van der Waals surface area contributed by atoms with Crippen LogP contribution in [0.1, 0.15) is 18.4 Å². The van der Waals surface area contributed by atoms with Gasteiger partial charge in [-0.15, -0.1) is 0 Å². The monoisotopic (exact) mass is 194 g/mol. The fourth-order valence-electron chi connectivity index (χ4n) is 1.49. The van der Waals surface area contributed by atoms with E-state index in [2.05, 4.69) is 0 Å².